The molecule has 0 aliphatic carbocycles. The largest absolute Gasteiger partial charge is 0.352 e. The maximum atomic E-state index is 13.9. The van der Waals surface area contributed by atoms with E-state index in [1.807, 2.05) is 51.1 Å². The lowest BCUT2D eigenvalue weighted by Gasteiger charge is -2.33. The Labute approximate surface area is 226 Å². The summed E-state index contributed by atoms with van der Waals surface area (Å²) in [4.78, 5) is 28.6. The van der Waals surface area contributed by atoms with E-state index in [2.05, 4.69) is 5.32 Å². The molecule has 202 valence electrons. The molecule has 3 aromatic rings. The third kappa shape index (κ3) is 7.01. The van der Waals surface area contributed by atoms with Crippen molar-refractivity contribution in [3.05, 3.63) is 95.6 Å². The van der Waals surface area contributed by atoms with Gasteiger partial charge in [0, 0.05) is 12.6 Å². The zero-order valence-electron chi connectivity index (χ0n) is 22.7. The molecule has 2 amide bonds. The summed E-state index contributed by atoms with van der Waals surface area (Å²) < 4.78 is 28.8. The summed E-state index contributed by atoms with van der Waals surface area (Å²) in [6, 6.07) is 22.0. The number of amides is 2. The highest BCUT2D eigenvalue weighted by Crippen LogP contribution is 2.27. The summed E-state index contributed by atoms with van der Waals surface area (Å²) in [7, 11) is -4.07. The number of carbonyl (C=O) groups excluding carboxylic acids is 2. The third-order valence-electron chi connectivity index (χ3n) is 6.60. The molecule has 8 heteroatoms. The number of benzene rings is 3. The lowest BCUT2D eigenvalue weighted by molar-refractivity contribution is -0.139. The van der Waals surface area contributed by atoms with Crippen LogP contribution in [0.3, 0.4) is 0 Å². The number of rotatable bonds is 11. The van der Waals surface area contributed by atoms with Gasteiger partial charge < -0.3 is 10.2 Å². The summed E-state index contributed by atoms with van der Waals surface area (Å²) in [6.07, 6.45) is 0.751. The van der Waals surface area contributed by atoms with E-state index >= 15 is 0 Å². The van der Waals surface area contributed by atoms with Gasteiger partial charge in [-0.15, -0.1) is 0 Å². The Hall–Kier alpha value is -3.65. The highest BCUT2D eigenvalue weighted by Gasteiger charge is 2.33. The minimum Gasteiger partial charge on any atom is -0.352 e. The van der Waals surface area contributed by atoms with E-state index < -0.39 is 28.5 Å². The van der Waals surface area contributed by atoms with Crippen LogP contribution in [0.2, 0.25) is 0 Å². The van der Waals surface area contributed by atoms with Crippen LogP contribution in [0.1, 0.15) is 43.9 Å². The smallest absolute Gasteiger partial charge is 0.264 e. The average molecular weight is 536 g/mol. The fraction of sp³-hybridized carbons (Fsp3) is 0.333. The van der Waals surface area contributed by atoms with Crippen LogP contribution < -0.4 is 9.62 Å². The maximum Gasteiger partial charge on any atom is 0.264 e. The van der Waals surface area contributed by atoms with Gasteiger partial charge in [-0.25, -0.2) is 8.42 Å². The Morgan fingerprint density at radius 2 is 1.55 bits per heavy atom. The Bertz CT molecular complexity index is 1360. The fourth-order valence-corrected chi connectivity index (χ4v) is 5.63. The number of aryl methyl sites for hydroxylation is 2. The van der Waals surface area contributed by atoms with Crippen molar-refractivity contribution in [2.45, 2.75) is 64.6 Å². The van der Waals surface area contributed by atoms with Crippen molar-refractivity contribution < 1.29 is 18.0 Å². The van der Waals surface area contributed by atoms with E-state index in [1.54, 1.807) is 50.2 Å². The van der Waals surface area contributed by atoms with Crippen LogP contribution in [0, 0.1) is 13.8 Å². The van der Waals surface area contributed by atoms with Crippen LogP contribution in [0.5, 0.6) is 0 Å². The molecule has 0 aliphatic rings. The third-order valence-corrected chi connectivity index (χ3v) is 8.37. The number of sulfonamides is 1. The molecular weight excluding hydrogens is 498 g/mol. The molecule has 0 fully saturated rings. The van der Waals surface area contributed by atoms with Crippen LogP contribution in [-0.4, -0.2) is 43.8 Å². The lowest BCUT2D eigenvalue weighted by atomic mass is 10.1. The molecule has 0 spiro atoms. The zero-order valence-corrected chi connectivity index (χ0v) is 23.5. The Morgan fingerprint density at radius 1 is 0.895 bits per heavy atom. The second-order valence-electron chi connectivity index (χ2n) is 9.62. The van der Waals surface area contributed by atoms with Gasteiger partial charge in [-0.05, 0) is 63.4 Å². The molecule has 0 heterocycles. The first-order valence-electron chi connectivity index (χ1n) is 12.8. The number of carbonyl (C=O) groups is 2. The first-order chi connectivity index (χ1) is 18.0. The van der Waals surface area contributed by atoms with Crippen LogP contribution in [0.4, 0.5) is 5.69 Å². The molecule has 0 saturated carbocycles. The molecule has 0 unspecified atom stereocenters. The summed E-state index contributed by atoms with van der Waals surface area (Å²) >= 11 is 0. The molecule has 2 atom stereocenters. The molecule has 1 N–H and O–H groups in total. The van der Waals surface area contributed by atoms with Gasteiger partial charge in [0.2, 0.25) is 11.8 Å². The van der Waals surface area contributed by atoms with Gasteiger partial charge in [0.25, 0.3) is 10.0 Å². The topological polar surface area (TPSA) is 86.8 Å². The van der Waals surface area contributed by atoms with Crippen molar-refractivity contribution >= 4 is 27.5 Å². The van der Waals surface area contributed by atoms with Crippen molar-refractivity contribution in [3.63, 3.8) is 0 Å². The minimum atomic E-state index is -4.07. The van der Waals surface area contributed by atoms with Crippen LogP contribution >= 0.6 is 0 Å². The molecule has 38 heavy (non-hydrogen) atoms. The average Bonchev–Trinajstić information content (AvgIpc) is 2.90. The van der Waals surface area contributed by atoms with Crippen molar-refractivity contribution in [1.29, 1.82) is 0 Å². The summed E-state index contributed by atoms with van der Waals surface area (Å²) in [5.74, 6) is -0.755. The summed E-state index contributed by atoms with van der Waals surface area (Å²) in [5, 5.41) is 2.95. The van der Waals surface area contributed by atoms with E-state index in [9.17, 15) is 18.0 Å². The Balaban J connectivity index is 2.03. The van der Waals surface area contributed by atoms with Gasteiger partial charge in [-0.2, -0.15) is 0 Å². The normalized spacial score (nSPS) is 12.9. The minimum absolute atomic E-state index is 0.0530. The highest BCUT2D eigenvalue weighted by molar-refractivity contribution is 7.92. The monoisotopic (exact) mass is 535 g/mol. The number of para-hydroxylation sites is 1. The molecule has 0 bridgehead atoms. The van der Waals surface area contributed by atoms with Crippen LogP contribution in [0.15, 0.2) is 83.8 Å². The van der Waals surface area contributed by atoms with Gasteiger partial charge in [0.1, 0.15) is 12.6 Å². The fourth-order valence-electron chi connectivity index (χ4n) is 4.13. The van der Waals surface area contributed by atoms with Crippen LogP contribution in [-0.2, 0) is 26.2 Å². The van der Waals surface area contributed by atoms with Crippen molar-refractivity contribution in [2.75, 3.05) is 10.8 Å². The maximum absolute atomic E-state index is 13.9. The molecule has 7 nitrogen and oxygen atoms in total. The lowest BCUT2D eigenvalue weighted by Crippen LogP contribution is -2.52. The van der Waals surface area contributed by atoms with Gasteiger partial charge >= 0.3 is 0 Å². The van der Waals surface area contributed by atoms with Crippen molar-refractivity contribution in [3.8, 4) is 0 Å². The molecular formula is C30H37N3O4S. The molecule has 0 aliphatic heterocycles. The van der Waals surface area contributed by atoms with E-state index in [0.29, 0.717) is 11.3 Å². The predicted molar refractivity (Wildman–Crippen MR) is 151 cm³/mol. The molecule has 3 aromatic carbocycles. The zero-order chi connectivity index (χ0) is 27.9. The molecule has 0 saturated heterocycles. The number of hydrogen-bond acceptors (Lipinski definition) is 4. The predicted octanol–water partition coefficient (Wildman–Crippen LogP) is 4.83. The molecule has 3 rings (SSSR count). The summed E-state index contributed by atoms with van der Waals surface area (Å²) in [5.41, 5.74) is 3.01. The number of hydrogen-bond donors (Lipinski definition) is 1. The van der Waals surface area contributed by atoms with Crippen LogP contribution in [0.25, 0.3) is 0 Å². The van der Waals surface area contributed by atoms with Gasteiger partial charge in [0.05, 0.1) is 10.6 Å². The number of anilines is 1. The first-order valence-corrected chi connectivity index (χ1v) is 14.3. The van der Waals surface area contributed by atoms with Gasteiger partial charge in [-0.1, -0.05) is 73.2 Å². The molecule has 0 radical (unpaired) electrons. The first kappa shape index (κ1) is 28.9. The van der Waals surface area contributed by atoms with E-state index in [1.165, 1.54) is 17.0 Å². The molecule has 0 aromatic heterocycles. The summed E-state index contributed by atoms with van der Waals surface area (Å²) in [6.45, 7) is 9.04. The van der Waals surface area contributed by atoms with Gasteiger partial charge in [0.15, 0.2) is 0 Å². The van der Waals surface area contributed by atoms with Crippen molar-refractivity contribution in [2.24, 2.45) is 0 Å². The quantitative estimate of drug-likeness (QED) is 0.381. The second-order valence-corrected chi connectivity index (χ2v) is 11.5. The van der Waals surface area contributed by atoms with Crippen molar-refractivity contribution in [1.82, 2.24) is 10.2 Å². The van der Waals surface area contributed by atoms with Gasteiger partial charge in [-0.3, -0.25) is 13.9 Å². The number of nitrogens with one attached hydrogen (secondary N) is 1. The van der Waals surface area contributed by atoms with E-state index in [0.717, 1.165) is 21.9 Å². The highest BCUT2D eigenvalue weighted by atomic mass is 32.2. The number of nitrogens with zero attached hydrogens (tertiary/aromatic N) is 2. The van der Waals surface area contributed by atoms with E-state index in [4.69, 9.17) is 0 Å². The van der Waals surface area contributed by atoms with E-state index in [-0.39, 0.29) is 23.4 Å². The Morgan fingerprint density at radius 3 is 2.18 bits per heavy atom. The SMILES string of the molecule is CC[C@H](C)NC(=O)[C@H](C)N(Cc1cccc(C)c1)C(=O)CN(c1ccccc1C)S(=O)(=O)c1ccccc1. The standard InChI is InChI=1S/C30H37N3O4S/c1-6-24(4)31-30(35)25(5)32(20-26-15-12-13-22(2)19-26)29(34)21-33(28-18-11-10-14-23(28)3)38(36,37)27-16-8-7-9-17-27/h7-19,24-25H,6,20-21H2,1-5H3,(H,31,35)/t24-,25-/m0/s1. The Kier molecular flexibility index (Phi) is 9.69. The second kappa shape index (κ2) is 12.7.